The molecule has 0 spiro atoms. The molecule has 0 radical (unpaired) electrons. The van der Waals surface area contributed by atoms with Crippen molar-refractivity contribution in [1.29, 1.82) is 0 Å². The van der Waals surface area contributed by atoms with Gasteiger partial charge in [0, 0.05) is 5.56 Å². The minimum atomic E-state index is -5.00. The molecule has 2 aromatic rings. The van der Waals surface area contributed by atoms with Crippen LogP contribution in [0.3, 0.4) is 0 Å². The third-order valence-corrected chi connectivity index (χ3v) is 5.92. The Kier molecular flexibility index (Phi) is 5.91. The minimum Gasteiger partial charge on any atom is -0.228 e. The maximum Gasteiger partial charge on any atom is 0.417 e. The van der Waals surface area contributed by atoms with Gasteiger partial charge < -0.3 is 0 Å². The number of sulfonamides is 2. The van der Waals surface area contributed by atoms with Crippen LogP contribution in [0.15, 0.2) is 41.3 Å². The zero-order valence-electron chi connectivity index (χ0n) is 15.0. The van der Waals surface area contributed by atoms with Crippen molar-refractivity contribution in [2.45, 2.75) is 23.0 Å². The van der Waals surface area contributed by atoms with Gasteiger partial charge in [0.15, 0.2) is 0 Å². The standard InChI is InChI=1S/C15H17F3N6O4S2/c16-15(17,18)11-5-4-10(9-3-1-2-8(6-9)7-29(19,25)26)12(13(11)30(20,27)28)14-21-23-24-22-14/h1-6,14,21-24H,7H2,(H2,19,25,26)(H2,20,27,28). The van der Waals surface area contributed by atoms with Gasteiger partial charge in [0.25, 0.3) is 0 Å². The summed E-state index contributed by atoms with van der Waals surface area (Å²) < 4.78 is 87.8. The van der Waals surface area contributed by atoms with Gasteiger partial charge in [-0.1, -0.05) is 30.3 Å². The first-order valence-electron chi connectivity index (χ1n) is 8.15. The lowest BCUT2D eigenvalue weighted by Gasteiger charge is -2.22. The monoisotopic (exact) mass is 466 g/mol. The van der Waals surface area contributed by atoms with Crippen LogP contribution in [0.5, 0.6) is 0 Å². The molecule has 8 N–H and O–H groups in total. The molecule has 164 valence electrons. The van der Waals surface area contributed by atoms with Crippen LogP contribution in [0.4, 0.5) is 13.2 Å². The molecule has 10 nitrogen and oxygen atoms in total. The van der Waals surface area contributed by atoms with Crippen molar-refractivity contribution < 1.29 is 30.0 Å². The van der Waals surface area contributed by atoms with Gasteiger partial charge in [0.05, 0.1) is 11.3 Å². The van der Waals surface area contributed by atoms with Crippen molar-refractivity contribution in [1.82, 2.24) is 21.9 Å². The predicted molar refractivity (Wildman–Crippen MR) is 100 cm³/mol. The van der Waals surface area contributed by atoms with E-state index in [2.05, 4.69) is 21.9 Å². The summed E-state index contributed by atoms with van der Waals surface area (Å²) in [7, 11) is -8.69. The van der Waals surface area contributed by atoms with Crippen LogP contribution in [0.25, 0.3) is 11.1 Å². The maximum absolute atomic E-state index is 13.6. The second kappa shape index (κ2) is 7.86. The Morgan fingerprint density at radius 2 is 1.60 bits per heavy atom. The van der Waals surface area contributed by atoms with Gasteiger partial charge in [-0.05, 0) is 22.8 Å². The highest BCUT2D eigenvalue weighted by atomic mass is 32.2. The molecule has 0 atom stereocenters. The fourth-order valence-electron chi connectivity index (χ4n) is 3.13. The molecule has 1 heterocycles. The van der Waals surface area contributed by atoms with E-state index < -0.39 is 48.6 Å². The number of nitrogens with two attached hydrogens (primary N) is 2. The van der Waals surface area contributed by atoms with Crippen LogP contribution in [0.1, 0.15) is 22.9 Å². The molecular formula is C15H17F3N6O4S2. The maximum atomic E-state index is 13.6. The molecule has 0 aromatic heterocycles. The number of hydrogen-bond donors (Lipinski definition) is 6. The lowest BCUT2D eigenvalue weighted by molar-refractivity contribution is -0.140. The summed E-state index contributed by atoms with van der Waals surface area (Å²) in [6.07, 6.45) is -6.12. The van der Waals surface area contributed by atoms with Gasteiger partial charge in [-0.3, -0.25) is 0 Å². The first-order valence-corrected chi connectivity index (χ1v) is 11.4. The second-order valence-corrected chi connectivity index (χ2v) is 9.54. The number of benzene rings is 2. The average molecular weight is 466 g/mol. The fourth-order valence-corrected chi connectivity index (χ4v) is 4.79. The molecule has 15 heteroatoms. The van der Waals surface area contributed by atoms with Gasteiger partial charge in [-0.25, -0.2) is 38.0 Å². The molecule has 1 fully saturated rings. The zero-order valence-corrected chi connectivity index (χ0v) is 16.6. The second-order valence-electron chi connectivity index (χ2n) is 6.43. The highest BCUT2D eigenvalue weighted by Crippen LogP contribution is 2.41. The van der Waals surface area contributed by atoms with Crippen molar-refractivity contribution in [2.24, 2.45) is 10.3 Å². The van der Waals surface area contributed by atoms with Crippen LogP contribution >= 0.6 is 0 Å². The summed E-state index contributed by atoms with van der Waals surface area (Å²) in [6.45, 7) is 0. The van der Waals surface area contributed by atoms with Crippen molar-refractivity contribution in [2.75, 3.05) is 0 Å². The van der Waals surface area contributed by atoms with E-state index in [1.54, 1.807) is 0 Å². The molecule has 30 heavy (non-hydrogen) atoms. The smallest absolute Gasteiger partial charge is 0.228 e. The Bertz CT molecular complexity index is 1180. The number of hydrogen-bond acceptors (Lipinski definition) is 8. The largest absolute Gasteiger partial charge is 0.417 e. The van der Waals surface area contributed by atoms with Crippen molar-refractivity contribution in [3.63, 3.8) is 0 Å². The number of nitrogens with one attached hydrogen (secondary N) is 4. The van der Waals surface area contributed by atoms with Gasteiger partial charge >= 0.3 is 6.18 Å². The molecule has 0 bridgehead atoms. The third kappa shape index (κ3) is 4.96. The minimum absolute atomic E-state index is 0.0822. The van der Waals surface area contributed by atoms with Gasteiger partial charge in [-0.15, -0.1) is 0 Å². The number of halogens is 3. The number of rotatable bonds is 5. The Hall–Kier alpha value is -2.11. The van der Waals surface area contributed by atoms with E-state index in [-0.39, 0.29) is 22.3 Å². The Morgan fingerprint density at radius 1 is 0.967 bits per heavy atom. The predicted octanol–water partition coefficient (Wildman–Crippen LogP) is -0.0761. The molecule has 1 saturated heterocycles. The molecule has 0 aliphatic carbocycles. The number of primary sulfonamides is 2. The van der Waals surface area contributed by atoms with Gasteiger partial charge in [-0.2, -0.15) is 24.2 Å². The number of hydrazine groups is 3. The van der Waals surface area contributed by atoms with Crippen molar-refractivity contribution in [3.05, 3.63) is 53.1 Å². The molecule has 1 aliphatic heterocycles. The van der Waals surface area contributed by atoms with Crippen LogP contribution in [0, 0.1) is 0 Å². The van der Waals surface area contributed by atoms with Crippen LogP contribution < -0.4 is 32.2 Å². The number of alkyl halides is 3. The van der Waals surface area contributed by atoms with E-state index in [1.807, 2.05) is 0 Å². The Labute approximate surface area is 169 Å². The molecule has 1 aliphatic rings. The van der Waals surface area contributed by atoms with E-state index in [0.717, 1.165) is 6.07 Å². The van der Waals surface area contributed by atoms with Crippen LogP contribution in [-0.4, -0.2) is 16.8 Å². The van der Waals surface area contributed by atoms with E-state index in [9.17, 15) is 30.0 Å². The summed E-state index contributed by atoms with van der Waals surface area (Å²) in [5.41, 5.74) is 8.79. The molecule has 3 rings (SSSR count). The Balaban J connectivity index is 2.32. The van der Waals surface area contributed by atoms with Gasteiger partial charge in [0.1, 0.15) is 11.1 Å². The SMILES string of the molecule is NS(=O)(=O)Cc1cccc(-c2ccc(C(F)(F)F)c(S(N)(=O)=O)c2C2NNNN2)c1. The van der Waals surface area contributed by atoms with E-state index in [4.69, 9.17) is 10.3 Å². The van der Waals surface area contributed by atoms with Gasteiger partial charge in [0.2, 0.25) is 20.0 Å². The highest BCUT2D eigenvalue weighted by molar-refractivity contribution is 7.89. The summed E-state index contributed by atoms with van der Waals surface area (Å²) in [5, 5.41) is 10.2. The van der Waals surface area contributed by atoms with Crippen LogP contribution in [-0.2, 0) is 32.0 Å². The quantitative estimate of drug-likeness (QED) is 0.356. The van der Waals surface area contributed by atoms with Crippen molar-refractivity contribution >= 4 is 20.0 Å². The first kappa shape index (κ1) is 22.6. The first-order chi connectivity index (χ1) is 13.8. The average Bonchev–Trinajstić information content (AvgIpc) is 3.12. The topological polar surface area (TPSA) is 168 Å². The molecule has 0 saturated carbocycles. The van der Waals surface area contributed by atoms with E-state index >= 15 is 0 Å². The zero-order chi connectivity index (χ0) is 22.3. The summed E-state index contributed by atoms with van der Waals surface area (Å²) >= 11 is 0. The molecular weight excluding hydrogens is 449 g/mol. The van der Waals surface area contributed by atoms with E-state index in [0.29, 0.717) is 6.07 Å². The third-order valence-electron chi connectivity index (χ3n) is 4.18. The summed E-state index contributed by atoms with van der Waals surface area (Å²) in [6, 6.07) is 7.51. The fraction of sp³-hybridized carbons (Fsp3) is 0.200. The lowest BCUT2D eigenvalue weighted by atomic mass is 9.94. The molecule has 2 aromatic carbocycles. The normalized spacial score (nSPS) is 16.2. The summed E-state index contributed by atoms with van der Waals surface area (Å²) in [4.78, 5) is -1.11. The lowest BCUT2D eigenvalue weighted by Crippen LogP contribution is -2.33. The highest BCUT2D eigenvalue weighted by Gasteiger charge is 2.40. The molecule has 0 amide bonds. The summed E-state index contributed by atoms with van der Waals surface area (Å²) in [5.74, 6) is -0.512. The van der Waals surface area contributed by atoms with Crippen molar-refractivity contribution in [3.8, 4) is 11.1 Å². The van der Waals surface area contributed by atoms with Crippen LogP contribution in [0.2, 0.25) is 0 Å². The Morgan fingerprint density at radius 3 is 2.13 bits per heavy atom. The molecule has 0 unspecified atom stereocenters. The van der Waals surface area contributed by atoms with E-state index in [1.165, 1.54) is 24.3 Å².